The van der Waals surface area contributed by atoms with Gasteiger partial charge < -0.3 is 55.0 Å². The molecule has 5 N–H and O–H groups in total. The van der Waals surface area contributed by atoms with Crippen LogP contribution >= 0.6 is 0 Å². The second-order valence-electron chi connectivity index (χ2n) is 33.9. The Morgan fingerprint density at radius 1 is 0.296 bits per heavy atom. The third kappa shape index (κ3) is 34.6. The summed E-state index contributed by atoms with van der Waals surface area (Å²) in [5.41, 5.74) is 2.69. The molecule has 0 aromatic heterocycles. The number of hydrogen-bond donors (Lipinski definition) is 5. The second kappa shape index (κ2) is 57.0. The molecule has 34 heteroatoms. The van der Waals surface area contributed by atoms with Crippen molar-refractivity contribution in [1.82, 2.24) is 24.5 Å². The van der Waals surface area contributed by atoms with E-state index >= 15 is 0 Å². The first kappa shape index (κ1) is 109. The van der Waals surface area contributed by atoms with Gasteiger partial charge in [0.05, 0.1) is 129 Å². The fraction of sp³-hybridized carbons (Fsp3) is 0.352. The summed E-state index contributed by atoms with van der Waals surface area (Å²) in [7, 11) is 1.50. The molecular formula is C108H118F8N10O16. The zero-order valence-corrected chi connectivity index (χ0v) is 79.4. The van der Waals surface area contributed by atoms with E-state index in [4.69, 9.17) is 28.4 Å². The minimum absolute atomic E-state index is 0.0459. The van der Waals surface area contributed by atoms with Crippen molar-refractivity contribution >= 4 is 86.9 Å². The van der Waals surface area contributed by atoms with Crippen molar-refractivity contribution in [2.24, 2.45) is 0 Å². The van der Waals surface area contributed by atoms with E-state index in [1.54, 1.807) is 66.7 Å². The molecular weight excluding hydrogens is 1850 g/mol. The summed E-state index contributed by atoms with van der Waals surface area (Å²) in [5, 5.41) is 13.1. The number of carbonyl (C=O) groups excluding carboxylic acids is 10. The molecule has 0 unspecified atom stereocenters. The minimum Gasteiger partial charge on any atom is -0.497 e. The number of nitrogens with zero attached hydrogens (tertiary/aromatic N) is 5. The highest BCUT2D eigenvalue weighted by molar-refractivity contribution is 6.14. The number of aryl methyl sites for hydroxylation is 1. The summed E-state index contributed by atoms with van der Waals surface area (Å²) < 4.78 is 140. The number of rotatable bonds is 36. The number of alkyl halides is 3. The Morgan fingerprint density at radius 3 is 0.972 bits per heavy atom. The normalized spacial score (nSPS) is 14.7. The van der Waals surface area contributed by atoms with Crippen LogP contribution in [-0.2, 0) is 29.9 Å². The molecule has 752 valence electrons. The van der Waals surface area contributed by atoms with E-state index < -0.39 is 70.2 Å². The molecule has 0 atom stereocenters. The van der Waals surface area contributed by atoms with E-state index in [9.17, 15) is 83.1 Å². The molecule has 5 amide bonds. The van der Waals surface area contributed by atoms with Gasteiger partial charge in [-0.15, -0.1) is 0 Å². The maximum absolute atomic E-state index is 14.3. The molecule has 0 spiro atoms. The van der Waals surface area contributed by atoms with E-state index in [2.05, 4.69) is 51.1 Å². The van der Waals surface area contributed by atoms with Gasteiger partial charge in [0, 0.05) is 137 Å². The Labute approximate surface area is 820 Å². The average Bonchev–Trinajstić information content (AvgIpc) is 0.823. The van der Waals surface area contributed by atoms with Gasteiger partial charge in [-0.3, -0.25) is 72.4 Å². The number of hydrogen-bond acceptors (Lipinski definition) is 21. The Hall–Kier alpha value is -13.3. The van der Waals surface area contributed by atoms with Crippen molar-refractivity contribution in [3.05, 3.63) is 320 Å². The van der Waals surface area contributed by atoms with Crippen LogP contribution in [0.1, 0.15) is 179 Å². The predicted molar refractivity (Wildman–Crippen MR) is 524 cm³/mol. The van der Waals surface area contributed by atoms with Crippen LogP contribution in [-0.4, -0.2) is 254 Å². The minimum atomic E-state index is -4.54. The number of anilines is 5. The molecule has 26 nitrogen and oxygen atoms in total. The van der Waals surface area contributed by atoms with Gasteiger partial charge >= 0.3 is 6.18 Å². The van der Waals surface area contributed by atoms with Gasteiger partial charge in [-0.1, -0.05) is 91.0 Å². The lowest BCUT2D eigenvalue weighted by Crippen LogP contribution is -2.37. The van der Waals surface area contributed by atoms with E-state index in [1.165, 1.54) is 104 Å². The van der Waals surface area contributed by atoms with E-state index in [1.807, 2.05) is 37.3 Å². The fourth-order valence-electron chi connectivity index (χ4n) is 16.1. The van der Waals surface area contributed by atoms with Crippen LogP contribution in [0.25, 0.3) is 0 Å². The molecule has 142 heavy (non-hydrogen) atoms. The van der Waals surface area contributed by atoms with Gasteiger partial charge in [-0.25, -0.2) is 22.0 Å². The van der Waals surface area contributed by atoms with Crippen LogP contribution in [0.5, 0.6) is 5.75 Å². The van der Waals surface area contributed by atoms with E-state index in [0.717, 1.165) is 167 Å². The Bertz CT molecular complexity index is 5850. The Morgan fingerprint density at radius 2 is 0.592 bits per heavy atom. The van der Waals surface area contributed by atoms with E-state index in [0.29, 0.717) is 124 Å². The van der Waals surface area contributed by atoms with Crippen LogP contribution in [0.15, 0.2) is 224 Å². The molecule has 5 heterocycles. The summed E-state index contributed by atoms with van der Waals surface area (Å²) in [5.74, 6) is -6.48. The smallest absolute Gasteiger partial charge is 0.416 e. The molecule has 10 aromatic carbocycles. The first-order valence-corrected chi connectivity index (χ1v) is 47.3. The van der Waals surface area contributed by atoms with Crippen molar-refractivity contribution in [3.63, 3.8) is 0 Å². The first-order chi connectivity index (χ1) is 68.7. The Balaban J connectivity index is 0.000000170. The fourth-order valence-corrected chi connectivity index (χ4v) is 16.1. The van der Waals surface area contributed by atoms with Gasteiger partial charge in [0.15, 0.2) is 28.9 Å². The molecule has 15 rings (SSSR count). The van der Waals surface area contributed by atoms with Crippen LogP contribution in [0, 0.1) is 36.0 Å². The molecule has 5 saturated heterocycles. The quantitative estimate of drug-likeness (QED) is 0.0180. The summed E-state index contributed by atoms with van der Waals surface area (Å²) >= 11 is 0. The number of ether oxygens (including phenoxy) is 6. The van der Waals surface area contributed by atoms with Crippen molar-refractivity contribution in [2.45, 2.75) is 77.3 Å². The van der Waals surface area contributed by atoms with Gasteiger partial charge in [0.1, 0.15) is 34.8 Å². The molecule has 5 fully saturated rings. The summed E-state index contributed by atoms with van der Waals surface area (Å²) in [6.07, 6.45) is 0.440. The number of morpholine rings is 5. The van der Waals surface area contributed by atoms with Gasteiger partial charge in [0.25, 0.3) is 29.5 Å². The van der Waals surface area contributed by atoms with Crippen molar-refractivity contribution < 1.29 is 111 Å². The third-order valence-corrected chi connectivity index (χ3v) is 23.9. The summed E-state index contributed by atoms with van der Waals surface area (Å²) in [6, 6.07) is 54.6. The standard InChI is InChI=1S/C22H23F3N2O3.C22H25FN2O4.C22H26N2O3.2C21H22F2N2O3/c23-22(24,25)17-6-3-5-16(15-17)21(29)26-19-8-2-1-7-18(19)20(28)9-4-10-27-11-13-30-14-12-27;1-28-16-8-9-18(21(26)7-4-10-25-11-13-29-14-12-25)20(15-16)24-22(27)17-5-2-3-6-19(17)23;1-17-7-2-3-8-18(17)22(26)23-20-10-5-4-9-19(20)21(25)11-6-12-24-13-15-27-16-14-24;22-16-6-2-1-5-15(16)21(27)24-18-8-3-7-17(23)20(18)19(26)9-4-10-25-11-13-28-14-12-25;22-15-7-8-17(20(26)6-3-9-25-10-12-28-13-11-25)19(14-15)24-21(27)16-4-1-2-5-18(16)23/h1-3,5-8,15H,4,9-14H2,(H,26,29);2-3,5-6,8-9,15H,4,7,10-14H2,1H3,(H,24,27);2-5,7-10H,6,11-16H2,1H3,(H,23,26);1-3,5-8H,4,9-14H2,(H,24,27);1-2,4-5,7-8,14H,3,6,9-13H2,(H,24,27). The maximum atomic E-state index is 14.3. The number of carbonyl (C=O) groups is 10. The zero-order valence-electron chi connectivity index (χ0n) is 79.4. The number of nitrogens with one attached hydrogen (secondary N) is 5. The Kier molecular flexibility index (Phi) is 43.8. The van der Waals surface area contributed by atoms with Crippen molar-refractivity contribution in [1.29, 1.82) is 0 Å². The maximum Gasteiger partial charge on any atom is 0.416 e. The van der Waals surface area contributed by atoms with Gasteiger partial charge in [-0.2, -0.15) is 13.2 Å². The highest BCUT2D eigenvalue weighted by Gasteiger charge is 2.32. The summed E-state index contributed by atoms with van der Waals surface area (Å²) in [6.45, 7) is 21.6. The number of amides is 5. The number of benzene rings is 10. The zero-order chi connectivity index (χ0) is 101. The van der Waals surface area contributed by atoms with Crippen LogP contribution < -0.4 is 31.3 Å². The lowest BCUT2D eigenvalue weighted by molar-refractivity contribution is -0.137. The third-order valence-electron chi connectivity index (χ3n) is 23.9. The first-order valence-electron chi connectivity index (χ1n) is 47.3. The largest absolute Gasteiger partial charge is 0.497 e. The molecule has 0 radical (unpaired) electrons. The number of methoxy groups -OCH3 is 1. The number of para-hydroxylation sites is 2. The van der Waals surface area contributed by atoms with Crippen molar-refractivity contribution in [3.8, 4) is 5.75 Å². The van der Waals surface area contributed by atoms with Crippen LogP contribution in [0.2, 0.25) is 0 Å². The highest BCUT2D eigenvalue weighted by atomic mass is 19.4. The number of Topliss-reactive ketones (excluding diaryl/α,β-unsaturated/α-hetero) is 5. The molecule has 0 bridgehead atoms. The summed E-state index contributed by atoms with van der Waals surface area (Å²) in [4.78, 5) is 137. The van der Waals surface area contributed by atoms with Gasteiger partial charge in [0.2, 0.25) is 0 Å². The SMILES string of the molecule is COc1ccc(C(=O)CCCN2CCOCC2)c(NC(=O)c2ccccc2F)c1.Cc1ccccc1C(=O)Nc1ccccc1C(=O)CCCN1CCOCC1.O=C(Nc1cc(F)ccc1C(=O)CCCN1CCOCC1)c1ccccc1F.O=C(Nc1cccc(F)c1C(=O)CCCN1CCOCC1)c1ccccc1F.O=C(Nc1ccccc1C(=O)CCCN1CCOCC1)c1cccc(C(F)(F)F)c1. The lowest BCUT2D eigenvalue weighted by atomic mass is 10.0. The molecule has 0 saturated carbocycles. The van der Waals surface area contributed by atoms with Crippen LogP contribution in [0.3, 0.4) is 0 Å². The number of halogens is 8. The molecule has 5 aliphatic rings. The highest BCUT2D eigenvalue weighted by Crippen LogP contribution is 2.33. The average molecular weight is 1960 g/mol. The molecule has 0 aliphatic carbocycles. The predicted octanol–water partition coefficient (Wildman–Crippen LogP) is 18.2. The molecule has 5 aliphatic heterocycles. The number of ketones is 5. The monoisotopic (exact) mass is 1960 g/mol. The van der Waals surface area contributed by atoms with Gasteiger partial charge in [-0.05, 0) is 205 Å². The topological polar surface area (TPSA) is 302 Å². The molecule has 10 aromatic rings. The second-order valence-corrected chi connectivity index (χ2v) is 33.9. The van der Waals surface area contributed by atoms with Crippen molar-refractivity contribution in [2.75, 3.05) is 198 Å². The van der Waals surface area contributed by atoms with Crippen LogP contribution in [0.4, 0.5) is 63.6 Å². The van der Waals surface area contributed by atoms with E-state index in [-0.39, 0.29) is 92.3 Å². The lowest BCUT2D eigenvalue weighted by Gasteiger charge is -2.26.